The lowest BCUT2D eigenvalue weighted by Crippen LogP contribution is -2.43. The maximum atomic E-state index is 13.6. The Bertz CT molecular complexity index is 400. The van der Waals surface area contributed by atoms with Crippen LogP contribution in [0.5, 0.6) is 0 Å². The van der Waals surface area contributed by atoms with E-state index in [0.29, 0.717) is 0 Å². The molecule has 86 valence electrons. The smallest absolute Gasteiger partial charge is 0.162 e. The van der Waals surface area contributed by atoms with Gasteiger partial charge in [0.2, 0.25) is 0 Å². The fourth-order valence-electron chi connectivity index (χ4n) is 1.91. The van der Waals surface area contributed by atoms with Crippen molar-refractivity contribution < 1.29 is 9.18 Å². The Morgan fingerprint density at radius 2 is 2.06 bits per heavy atom. The highest BCUT2D eigenvalue weighted by Crippen LogP contribution is 2.19. The normalized spacial score (nSPS) is 16.2. The number of ketones is 1. The number of anilines is 1. The van der Waals surface area contributed by atoms with Crippen LogP contribution in [0, 0.1) is 5.82 Å². The summed E-state index contributed by atoms with van der Waals surface area (Å²) in [4.78, 5) is 13.2. The Morgan fingerprint density at radius 1 is 1.38 bits per heavy atom. The monoisotopic (exact) mass is 222 g/mol. The SMILES string of the molecule is CC(=O)c1ccc(N2CCNCC2)cc1F. The molecule has 0 atom stereocenters. The van der Waals surface area contributed by atoms with Gasteiger partial charge in [-0.25, -0.2) is 4.39 Å². The molecule has 1 aliphatic rings. The molecular formula is C12H15FN2O. The summed E-state index contributed by atoms with van der Waals surface area (Å²) in [6.07, 6.45) is 0. The molecule has 3 nitrogen and oxygen atoms in total. The van der Waals surface area contributed by atoms with Crippen LogP contribution in [0.15, 0.2) is 18.2 Å². The molecule has 1 saturated heterocycles. The Morgan fingerprint density at radius 3 is 2.62 bits per heavy atom. The number of Topliss-reactive ketones (excluding diaryl/α,β-unsaturated/α-hetero) is 1. The number of hydrogen-bond acceptors (Lipinski definition) is 3. The van der Waals surface area contributed by atoms with Crippen molar-refractivity contribution in [3.8, 4) is 0 Å². The van der Waals surface area contributed by atoms with Gasteiger partial charge in [0, 0.05) is 31.9 Å². The Kier molecular flexibility index (Phi) is 3.19. The third kappa shape index (κ3) is 2.22. The van der Waals surface area contributed by atoms with Crippen LogP contribution in [0.4, 0.5) is 10.1 Å². The molecule has 0 spiro atoms. The first-order valence-electron chi connectivity index (χ1n) is 5.44. The first-order valence-corrected chi connectivity index (χ1v) is 5.44. The van der Waals surface area contributed by atoms with E-state index in [1.54, 1.807) is 6.07 Å². The van der Waals surface area contributed by atoms with Gasteiger partial charge in [-0.3, -0.25) is 4.79 Å². The molecule has 0 aliphatic carbocycles. The average molecular weight is 222 g/mol. The Hall–Kier alpha value is -1.42. The number of hydrogen-bond donors (Lipinski definition) is 1. The summed E-state index contributed by atoms with van der Waals surface area (Å²) in [5.41, 5.74) is 1.02. The van der Waals surface area contributed by atoms with E-state index >= 15 is 0 Å². The van der Waals surface area contributed by atoms with Crippen molar-refractivity contribution in [2.45, 2.75) is 6.92 Å². The molecule has 4 heteroatoms. The van der Waals surface area contributed by atoms with E-state index < -0.39 is 5.82 Å². The van der Waals surface area contributed by atoms with Crippen molar-refractivity contribution in [3.05, 3.63) is 29.6 Å². The molecule has 1 aliphatic heterocycles. The van der Waals surface area contributed by atoms with Crippen LogP contribution < -0.4 is 10.2 Å². The lowest BCUT2D eigenvalue weighted by atomic mass is 10.1. The molecule has 0 unspecified atom stereocenters. The van der Waals surface area contributed by atoms with E-state index in [2.05, 4.69) is 10.2 Å². The van der Waals surface area contributed by atoms with Gasteiger partial charge >= 0.3 is 0 Å². The van der Waals surface area contributed by atoms with Crippen molar-refractivity contribution in [3.63, 3.8) is 0 Å². The van der Waals surface area contributed by atoms with Gasteiger partial charge in [-0.2, -0.15) is 0 Å². The first kappa shape index (κ1) is 11.1. The molecule has 16 heavy (non-hydrogen) atoms. The highest BCUT2D eigenvalue weighted by atomic mass is 19.1. The fourth-order valence-corrected chi connectivity index (χ4v) is 1.91. The average Bonchev–Trinajstić information content (AvgIpc) is 2.29. The third-order valence-corrected chi connectivity index (χ3v) is 2.81. The maximum absolute atomic E-state index is 13.6. The maximum Gasteiger partial charge on any atom is 0.162 e. The van der Waals surface area contributed by atoms with E-state index in [-0.39, 0.29) is 11.3 Å². The molecule has 2 rings (SSSR count). The molecule has 1 aromatic rings. The number of nitrogens with one attached hydrogen (secondary N) is 1. The number of benzene rings is 1. The van der Waals surface area contributed by atoms with Gasteiger partial charge in [0.1, 0.15) is 5.82 Å². The van der Waals surface area contributed by atoms with Crippen LogP contribution in [-0.4, -0.2) is 32.0 Å². The molecule has 0 bridgehead atoms. The minimum absolute atomic E-state index is 0.166. The van der Waals surface area contributed by atoms with Crippen LogP contribution in [-0.2, 0) is 0 Å². The molecule has 1 aromatic carbocycles. The number of nitrogens with zero attached hydrogens (tertiary/aromatic N) is 1. The summed E-state index contributed by atoms with van der Waals surface area (Å²) in [6.45, 7) is 4.95. The third-order valence-electron chi connectivity index (χ3n) is 2.81. The van der Waals surface area contributed by atoms with Crippen LogP contribution >= 0.6 is 0 Å². The van der Waals surface area contributed by atoms with E-state index in [4.69, 9.17) is 0 Å². The topological polar surface area (TPSA) is 32.3 Å². The lowest BCUT2D eigenvalue weighted by molar-refractivity contribution is 0.101. The van der Waals surface area contributed by atoms with E-state index in [1.807, 2.05) is 6.07 Å². The van der Waals surface area contributed by atoms with Gasteiger partial charge in [0.15, 0.2) is 5.78 Å². The summed E-state index contributed by atoms with van der Waals surface area (Å²) in [7, 11) is 0. The van der Waals surface area contributed by atoms with Crippen molar-refractivity contribution in [2.75, 3.05) is 31.1 Å². The summed E-state index contributed by atoms with van der Waals surface area (Å²) in [6, 6.07) is 4.82. The van der Waals surface area contributed by atoms with Crippen molar-refractivity contribution in [1.29, 1.82) is 0 Å². The number of halogens is 1. The highest BCUT2D eigenvalue weighted by molar-refractivity contribution is 5.94. The molecule has 0 amide bonds. The van der Waals surface area contributed by atoms with Crippen LogP contribution in [0.3, 0.4) is 0 Å². The summed E-state index contributed by atoms with van der Waals surface area (Å²) in [5.74, 6) is -0.659. The van der Waals surface area contributed by atoms with Crippen molar-refractivity contribution in [2.24, 2.45) is 0 Å². The van der Waals surface area contributed by atoms with Gasteiger partial charge in [0.05, 0.1) is 5.56 Å². The first-order chi connectivity index (χ1) is 7.68. The molecule has 1 heterocycles. The fraction of sp³-hybridized carbons (Fsp3) is 0.417. The van der Waals surface area contributed by atoms with Gasteiger partial charge < -0.3 is 10.2 Å². The van der Waals surface area contributed by atoms with Gasteiger partial charge in [-0.15, -0.1) is 0 Å². The highest BCUT2D eigenvalue weighted by Gasteiger charge is 2.13. The lowest BCUT2D eigenvalue weighted by Gasteiger charge is -2.29. The van der Waals surface area contributed by atoms with Crippen LogP contribution in [0.25, 0.3) is 0 Å². The number of piperazine rings is 1. The standard InChI is InChI=1S/C12H15FN2O/c1-9(16)11-3-2-10(8-12(11)13)15-6-4-14-5-7-15/h2-3,8,14H,4-7H2,1H3. The number of carbonyl (C=O) groups excluding carboxylic acids is 1. The van der Waals surface area contributed by atoms with Crippen LogP contribution in [0.1, 0.15) is 17.3 Å². The van der Waals surface area contributed by atoms with Gasteiger partial charge in [0.25, 0.3) is 0 Å². The summed E-state index contributed by atoms with van der Waals surface area (Å²) >= 11 is 0. The van der Waals surface area contributed by atoms with Gasteiger partial charge in [-0.1, -0.05) is 0 Å². The van der Waals surface area contributed by atoms with Crippen LogP contribution in [0.2, 0.25) is 0 Å². The number of carbonyl (C=O) groups is 1. The zero-order chi connectivity index (χ0) is 11.5. The largest absolute Gasteiger partial charge is 0.369 e. The van der Waals surface area contributed by atoms with Crippen molar-refractivity contribution >= 4 is 11.5 Å². The predicted molar refractivity (Wildman–Crippen MR) is 61.5 cm³/mol. The second-order valence-corrected chi connectivity index (χ2v) is 3.96. The zero-order valence-electron chi connectivity index (χ0n) is 9.29. The van der Waals surface area contributed by atoms with E-state index in [0.717, 1.165) is 31.9 Å². The summed E-state index contributed by atoms with van der Waals surface area (Å²) < 4.78 is 13.6. The minimum atomic E-state index is -0.427. The second kappa shape index (κ2) is 4.61. The van der Waals surface area contributed by atoms with Crippen molar-refractivity contribution in [1.82, 2.24) is 5.32 Å². The molecule has 1 fully saturated rings. The second-order valence-electron chi connectivity index (χ2n) is 3.96. The number of rotatable bonds is 2. The molecule has 0 saturated carbocycles. The quantitative estimate of drug-likeness (QED) is 0.768. The molecular weight excluding hydrogens is 207 g/mol. The minimum Gasteiger partial charge on any atom is -0.369 e. The van der Waals surface area contributed by atoms with Gasteiger partial charge in [-0.05, 0) is 25.1 Å². The predicted octanol–water partition coefficient (Wildman–Crippen LogP) is 1.44. The molecule has 0 aromatic heterocycles. The molecule has 1 N–H and O–H groups in total. The van der Waals surface area contributed by atoms with E-state index in [9.17, 15) is 9.18 Å². The molecule has 0 radical (unpaired) electrons. The summed E-state index contributed by atoms with van der Waals surface area (Å²) in [5, 5.41) is 3.24. The Balaban J connectivity index is 2.23. The Labute approximate surface area is 94.3 Å². The zero-order valence-corrected chi connectivity index (χ0v) is 9.29. The van der Waals surface area contributed by atoms with E-state index in [1.165, 1.54) is 13.0 Å².